The summed E-state index contributed by atoms with van der Waals surface area (Å²) in [6.45, 7) is 13.3. The van der Waals surface area contributed by atoms with Crippen molar-refractivity contribution >= 4 is 14.6 Å². The lowest BCUT2D eigenvalue weighted by molar-refractivity contribution is -0.104. The zero-order chi connectivity index (χ0) is 13.5. The van der Waals surface area contributed by atoms with E-state index in [9.17, 15) is 4.79 Å². The average molecular weight is 254 g/mol. The molecule has 0 aliphatic rings. The van der Waals surface area contributed by atoms with E-state index in [0.29, 0.717) is 0 Å². The number of hydrogen-bond donors (Lipinski definition) is 0. The van der Waals surface area contributed by atoms with Gasteiger partial charge in [-0.25, -0.2) is 0 Å². The molecule has 0 saturated heterocycles. The minimum absolute atomic E-state index is 0.146. The third-order valence-corrected chi connectivity index (χ3v) is 7.79. The average Bonchev–Trinajstić information content (AvgIpc) is 2.20. The van der Waals surface area contributed by atoms with Crippen molar-refractivity contribution in [3.8, 4) is 0 Å². The Morgan fingerprint density at radius 2 is 1.76 bits per heavy atom. The van der Waals surface area contributed by atoms with Crippen LogP contribution in [0.3, 0.4) is 0 Å². The van der Waals surface area contributed by atoms with E-state index in [0.717, 1.165) is 12.7 Å². The number of aldehydes is 1. The molecule has 0 aromatic rings. The number of allylic oxidation sites excluding steroid dienone is 3. The highest BCUT2D eigenvalue weighted by molar-refractivity contribution is 6.74. The van der Waals surface area contributed by atoms with E-state index in [-0.39, 0.29) is 11.1 Å². The largest absolute Gasteiger partial charge is 0.411 e. The van der Waals surface area contributed by atoms with Gasteiger partial charge in [0.1, 0.15) is 6.29 Å². The summed E-state index contributed by atoms with van der Waals surface area (Å²) < 4.78 is 6.26. The van der Waals surface area contributed by atoms with Crippen LogP contribution in [-0.4, -0.2) is 20.7 Å². The van der Waals surface area contributed by atoms with Gasteiger partial charge in [0.05, 0.1) is 6.10 Å². The Labute approximate surface area is 107 Å². The van der Waals surface area contributed by atoms with Crippen LogP contribution in [0.5, 0.6) is 0 Å². The van der Waals surface area contributed by atoms with E-state index in [1.165, 1.54) is 6.08 Å². The summed E-state index contributed by atoms with van der Waals surface area (Å²) in [7, 11) is -1.70. The predicted octanol–water partition coefficient (Wildman–Crippen LogP) is 4.10. The Bertz CT molecular complexity index is 285. The zero-order valence-corrected chi connectivity index (χ0v) is 13.0. The normalized spacial score (nSPS) is 15.6. The van der Waals surface area contributed by atoms with Gasteiger partial charge in [0, 0.05) is 0 Å². The second-order valence-electron chi connectivity index (χ2n) is 5.73. The van der Waals surface area contributed by atoms with Gasteiger partial charge in [-0.15, -0.1) is 0 Å². The van der Waals surface area contributed by atoms with Gasteiger partial charge >= 0.3 is 0 Å². The van der Waals surface area contributed by atoms with Crippen LogP contribution in [0.2, 0.25) is 18.1 Å². The van der Waals surface area contributed by atoms with E-state index in [2.05, 4.69) is 40.8 Å². The van der Waals surface area contributed by atoms with Gasteiger partial charge in [-0.05, 0) is 30.6 Å². The zero-order valence-electron chi connectivity index (χ0n) is 12.0. The molecule has 0 aromatic heterocycles. The van der Waals surface area contributed by atoms with Crippen LogP contribution < -0.4 is 0 Å². The summed E-state index contributed by atoms with van der Waals surface area (Å²) in [4.78, 5) is 10.1. The van der Waals surface area contributed by atoms with Crippen LogP contribution in [0, 0.1) is 0 Å². The lowest BCUT2D eigenvalue weighted by Gasteiger charge is -2.38. The lowest BCUT2D eigenvalue weighted by Crippen LogP contribution is -2.43. The third-order valence-electron chi connectivity index (χ3n) is 3.28. The third kappa shape index (κ3) is 5.98. The van der Waals surface area contributed by atoms with E-state index in [1.807, 2.05) is 12.2 Å². The van der Waals surface area contributed by atoms with Crippen LogP contribution in [0.25, 0.3) is 0 Å². The fourth-order valence-electron chi connectivity index (χ4n) is 1.11. The van der Waals surface area contributed by atoms with Gasteiger partial charge in [-0.2, -0.15) is 0 Å². The predicted molar refractivity (Wildman–Crippen MR) is 76.7 cm³/mol. The Morgan fingerprint density at radius 3 is 2.18 bits per heavy atom. The van der Waals surface area contributed by atoms with Crippen LogP contribution >= 0.6 is 0 Å². The van der Waals surface area contributed by atoms with Crippen molar-refractivity contribution in [3.05, 3.63) is 24.3 Å². The topological polar surface area (TPSA) is 26.3 Å². The van der Waals surface area contributed by atoms with Crippen molar-refractivity contribution in [3.63, 3.8) is 0 Å². The molecule has 17 heavy (non-hydrogen) atoms. The smallest absolute Gasteiger partial charge is 0.192 e. The van der Waals surface area contributed by atoms with Gasteiger partial charge < -0.3 is 4.43 Å². The molecule has 0 aromatic carbocycles. The molecule has 0 N–H and O–H groups in total. The second-order valence-corrected chi connectivity index (χ2v) is 10.5. The van der Waals surface area contributed by atoms with Crippen molar-refractivity contribution in [2.75, 3.05) is 0 Å². The molecular weight excluding hydrogens is 228 g/mol. The second kappa shape index (κ2) is 6.92. The summed E-state index contributed by atoms with van der Waals surface area (Å²) in [6.07, 6.45) is 9.01. The van der Waals surface area contributed by atoms with Gasteiger partial charge in [-0.1, -0.05) is 45.9 Å². The fourth-order valence-corrected chi connectivity index (χ4v) is 2.47. The van der Waals surface area contributed by atoms with E-state index in [4.69, 9.17) is 4.43 Å². The molecule has 98 valence electrons. The lowest BCUT2D eigenvalue weighted by atomic mass is 10.2. The summed E-state index contributed by atoms with van der Waals surface area (Å²) in [6, 6.07) is 0. The first-order chi connectivity index (χ1) is 7.74. The van der Waals surface area contributed by atoms with E-state index < -0.39 is 8.32 Å². The van der Waals surface area contributed by atoms with Gasteiger partial charge in [0.25, 0.3) is 0 Å². The molecule has 2 nitrogen and oxygen atoms in total. The number of carbonyl (C=O) groups is 1. The minimum atomic E-state index is -1.70. The van der Waals surface area contributed by atoms with E-state index in [1.54, 1.807) is 6.08 Å². The van der Waals surface area contributed by atoms with Crippen molar-refractivity contribution < 1.29 is 9.22 Å². The van der Waals surface area contributed by atoms with Crippen molar-refractivity contribution in [2.24, 2.45) is 0 Å². The summed E-state index contributed by atoms with van der Waals surface area (Å²) >= 11 is 0. The maximum Gasteiger partial charge on any atom is 0.192 e. The first kappa shape index (κ1) is 16.3. The molecule has 0 amide bonds. The molecule has 0 spiro atoms. The highest BCUT2D eigenvalue weighted by Gasteiger charge is 2.38. The van der Waals surface area contributed by atoms with Crippen LogP contribution in [-0.2, 0) is 9.22 Å². The monoisotopic (exact) mass is 254 g/mol. The Morgan fingerprint density at radius 1 is 1.18 bits per heavy atom. The van der Waals surface area contributed by atoms with Crippen LogP contribution in [0.4, 0.5) is 0 Å². The van der Waals surface area contributed by atoms with Gasteiger partial charge in [-0.3, -0.25) is 4.79 Å². The maximum atomic E-state index is 10.1. The fraction of sp³-hybridized carbons (Fsp3) is 0.643. The highest BCUT2D eigenvalue weighted by atomic mass is 28.4. The molecule has 0 saturated carbocycles. The molecule has 0 bridgehead atoms. The summed E-state index contributed by atoms with van der Waals surface area (Å²) in [5, 5.41) is 0.229. The number of hydrogen-bond acceptors (Lipinski definition) is 2. The van der Waals surface area contributed by atoms with Crippen molar-refractivity contribution in [1.82, 2.24) is 0 Å². The van der Waals surface area contributed by atoms with Gasteiger partial charge in [0.2, 0.25) is 0 Å². The van der Waals surface area contributed by atoms with Crippen LogP contribution in [0.1, 0.15) is 34.1 Å². The quantitative estimate of drug-likeness (QED) is 0.309. The molecule has 0 fully saturated rings. The Kier molecular flexibility index (Phi) is 6.64. The van der Waals surface area contributed by atoms with Crippen LogP contribution in [0.15, 0.2) is 24.3 Å². The summed E-state index contributed by atoms with van der Waals surface area (Å²) in [5.41, 5.74) is 0. The molecule has 0 unspecified atom stereocenters. The number of carbonyl (C=O) groups excluding carboxylic acids is 1. The number of rotatable bonds is 6. The molecule has 0 radical (unpaired) electrons. The Balaban J connectivity index is 4.55. The minimum Gasteiger partial charge on any atom is -0.411 e. The summed E-state index contributed by atoms with van der Waals surface area (Å²) in [5.74, 6) is 0. The van der Waals surface area contributed by atoms with Crippen molar-refractivity contribution in [2.45, 2.75) is 58.4 Å². The SMILES string of the molecule is CC[C@H](/C=C/C=C\C=O)O[Si](C)(C)C(C)(C)C. The van der Waals surface area contributed by atoms with E-state index >= 15 is 0 Å². The Hall–Kier alpha value is -0.673. The standard InChI is InChI=1S/C14H26O2Si/c1-7-13(11-9-8-10-12-15)16-17(5,6)14(2,3)4/h8-13H,7H2,1-6H3/b10-8-,11-9+/t13-/m1/s1. The first-order valence-electron chi connectivity index (χ1n) is 6.21. The molecule has 0 heterocycles. The van der Waals surface area contributed by atoms with Crippen molar-refractivity contribution in [1.29, 1.82) is 0 Å². The first-order valence-corrected chi connectivity index (χ1v) is 9.12. The maximum absolute atomic E-state index is 10.1. The van der Waals surface area contributed by atoms with Gasteiger partial charge in [0.15, 0.2) is 8.32 Å². The molecular formula is C14H26O2Si. The molecule has 0 aliphatic carbocycles. The molecule has 1 atom stereocenters. The molecule has 3 heteroatoms. The molecule has 0 aliphatic heterocycles. The molecule has 0 rings (SSSR count). The highest BCUT2D eigenvalue weighted by Crippen LogP contribution is 2.37.